The maximum absolute atomic E-state index is 12.4. The third-order valence-corrected chi connectivity index (χ3v) is 4.62. The summed E-state index contributed by atoms with van der Waals surface area (Å²) in [6.45, 7) is 2.56. The molecule has 6 heteroatoms. The van der Waals surface area contributed by atoms with E-state index in [1.54, 1.807) is 0 Å². The van der Waals surface area contributed by atoms with E-state index in [0.29, 0.717) is 38.2 Å². The van der Waals surface area contributed by atoms with Crippen LogP contribution in [0, 0.1) is 5.92 Å². The maximum Gasteiger partial charge on any atom is 0.227 e. The average Bonchev–Trinajstić information content (AvgIpc) is 3.32. The summed E-state index contributed by atoms with van der Waals surface area (Å²) in [7, 11) is 0. The second-order valence-corrected chi connectivity index (χ2v) is 6.31. The second-order valence-electron chi connectivity index (χ2n) is 6.31. The van der Waals surface area contributed by atoms with E-state index in [0.717, 1.165) is 23.9 Å². The van der Waals surface area contributed by atoms with Crippen LogP contribution in [0.15, 0.2) is 29.0 Å². The maximum atomic E-state index is 12.4. The predicted molar refractivity (Wildman–Crippen MR) is 83.6 cm³/mol. The molecule has 1 aliphatic heterocycles. The molecular weight excluding hydrogens is 294 g/mol. The topological polar surface area (TPSA) is 66.7 Å². The van der Waals surface area contributed by atoms with E-state index in [2.05, 4.69) is 4.98 Å². The van der Waals surface area contributed by atoms with Crippen molar-refractivity contribution in [1.29, 1.82) is 0 Å². The Kier molecular flexibility index (Phi) is 3.52. The summed E-state index contributed by atoms with van der Waals surface area (Å²) in [6.07, 6.45) is 3.82. The van der Waals surface area contributed by atoms with Gasteiger partial charge < -0.3 is 14.2 Å². The lowest BCUT2D eigenvalue weighted by atomic mass is 10.1. The second kappa shape index (κ2) is 5.68. The van der Waals surface area contributed by atoms with Gasteiger partial charge in [-0.3, -0.25) is 9.59 Å². The molecule has 0 N–H and O–H groups in total. The van der Waals surface area contributed by atoms with Crippen molar-refractivity contribution in [3.63, 3.8) is 0 Å². The summed E-state index contributed by atoms with van der Waals surface area (Å²) < 4.78 is 5.27. The van der Waals surface area contributed by atoms with Crippen molar-refractivity contribution in [3.05, 3.63) is 30.2 Å². The van der Waals surface area contributed by atoms with Crippen LogP contribution in [0.1, 0.15) is 18.4 Å². The van der Waals surface area contributed by atoms with E-state index in [1.165, 1.54) is 6.39 Å². The normalized spacial score (nSPS) is 18.4. The largest absolute Gasteiger partial charge is 0.443 e. The molecular formula is C17H19N3O3. The van der Waals surface area contributed by atoms with E-state index in [4.69, 9.17) is 4.42 Å². The molecule has 0 bridgehead atoms. The minimum Gasteiger partial charge on any atom is -0.443 e. The SMILES string of the molecule is O=C(Cc1ccc2ncoc2c1)N1CCN(C(=O)C2CC2)CC1. The van der Waals surface area contributed by atoms with Gasteiger partial charge in [0.25, 0.3) is 0 Å². The molecule has 4 rings (SSSR count). The molecule has 2 aliphatic rings. The lowest BCUT2D eigenvalue weighted by Gasteiger charge is -2.35. The molecule has 0 spiro atoms. The molecule has 1 aromatic carbocycles. The van der Waals surface area contributed by atoms with Gasteiger partial charge in [0.2, 0.25) is 11.8 Å². The van der Waals surface area contributed by atoms with Crippen LogP contribution in [-0.4, -0.2) is 52.8 Å². The first-order valence-electron chi connectivity index (χ1n) is 8.09. The van der Waals surface area contributed by atoms with Crippen LogP contribution in [0.3, 0.4) is 0 Å². The molecule has 0 unspecified atom stereocenters. The summed E-state index contributed by atoms with van der Waals surface area (Å²) in [4.78, 5) is 32.3. The molecule has 2 heterocycles. The van der Waals surface area contributed by atoms with E-state index < -0.39 is 0 Å². The highest BCUT2D eigenvalue weighted by Gasteiger charge is 2.35. The summed E-state index contributed by atoms with van der Waals surface area (Å²) in [5.74, 6) is 0.626. The fourth-order valence-corrected chi connectivity index (χ4v) is 3.06. The van der Waals surface area contributed by atoms with Gasteiger partial charge in [0.1, 0.15) is 5.52 Å². The van der Waals surface area contributed by atoms with Gasteiger partial charge in [-0.2, -0.15) is 0 Å². The van der Waals surface area contributed by atoms with Crippen LogP contribution in [0.25, 0.3) is 11.1 Å². The van der Waals surface area contributed by atoms with Crippen molar-refractivity contribution in [1.82, 2.24) is 14.8 Å². The van der Waals surface area contributed by atoms with Gasteiger partial charge in [-0.05, 0) is 30.5 Å². The molecule has 0 atom stereocenters. The molecule has 1 aromatic heterocycles. The average molecular weight is 313 g/mol. The molecule has 23 heavy (non-hydrogen) atoms. The number of amides is 2. The van der Waals surface area contributed by atoms with E-state index >= 15 is 0 Å². The predicted octanol–water partition coefficient (Wildman–Crippen LogP) is 1.45. The molecule has 0 radical (unpaired) electrons. The number of aromatic nitrogens is 1. The molecule has 6 nitrogen and oxygen atoms in total. The number of carbonyl (C=O) groups excluding carboxylic acids is 2. The van der Waals surface area contributed by atoms with E-state index in [-0.39, 0.29) is 17.7 Å². The number of fused-ring (bicyclic) bond motifs is 1. The third-order valence-electron chi connectivity index (χ3n) is 4.62. The Bertz CT molecular complexity index is 742. The van der Waals surface area contributed by atoms with Crippen LogP contribution in [-0.2, 0) is 16.0 Å². The third kappa shape index (κ3) is 2.93. The van der Waals surface area contributed by atoms with Gasteiger partial charge in [-0.1, -0.05) is 6.07 Å². The van der Waals surface area contributed by atoms with Crippen molar-refractivity contribution in [2.24, 2.45) is 5.92 Å². The smallest absolute Gasteiger partial charge is 0.227 e. The monoisotopic (exact) mass is 313 g/mol. The quantitative estimate of drug-likeness (QED) is 0.860. The molecule has 2 amide bonds. The first-order chi connectivity index (χ1) is 11.2. The van der Waals surface area contributed by atoms with Crippen molar-refractivity contribution in [3.8, 4) is 0 Å². The van der Waals surface area contributed by atoms with Gasteiger partial charge in [-0.25, -0.2) is 4.98 Å². The number of oxazole rings is 1. The van der Waals surface area contributed by atoms with Crippen molar-refractivity contribution >= 4 is 22.9 Å². The zero-order chi connectivity index (χ0) is 15.8. The number of benzene rings is 1. The van der Waals surface area contributed by atoms with Gasteiger partial charge in [-0.15, -0.1) is 0 Å². The zero-order valence-corrected chi connectivity index (χ0v) is 12.9. The zero-order valence-electron chi connectivity index (χ0n) is 12.9. The Hall–Kier alpha value is -2.37. The lowest BCUT2D eigenvalue weighted by Crippen LogP contribution is -2.51. The lowest BCUT2D eigenvalue weighted by molar-refractivity contribution is -0.140. The van der Waals surface area contributed by atoms with Gasteiger partial charge in [0.05, 0.1) is 6.42 Å². The summed E-state index contributed by atoms with van der Waals surface area (Å²) in [6, 6.07) is 5.65. The van der Waals surface area contributed by atoms with Crippen molar-refractivity contribution in [2.75, 3.05) is 26.2 Å². The first kappa shape index (κ1) is 14.2. The first-order valence-corrected chi connectivity index (χ1v) is 8.09. The number of carbonyl (C=O) groups is 2. The molecule has 2 aromatic rings. The Morgan fingerprint density at radius 1 is 1.13 bits per heavy atom. The number of hydrogen-bond acceptors (Lipinski definition) is 4. The minimum absolute atomic E-state index is 0.0994. The van der Waals surface area contributed by atoms with E-state index in [1.807, 2.05) is 28.0 Å². The standard InChI is InChI=1S/C17H19N3O3/c21-16(10-12-1-4-14-15(9-12)23-11-18-14)19-5-7-20(8-6-19)17(22)13-2-3-13/h1,4,9,11,13H,2-3,5-8,10H2. The molecule has 120 valence electrons. The van der Waals surface area contributed by atoms with Crippen LogP contribution in [0.2, 0.25) is 0 Å². The number of piperazine rings is 1. The number of hydrogen-bond donors (Lipinski definition) is 0. The summed E-state index contributed by atoms with van der Waals surface area (Å²) >= 11 is 0. The van der Waals surface area contributed by atoms with Gasteiger partial charge >= 0.3 is 0 Å². The van der Waals surface area contributed by atoms with Gasteiger partial charge in [0.15, 0.2) is 12.0 Å². The van der Waals surface area contributed by atoms with Crippen molar-refractivity contribution in [2.45, 2.75) is 19.3 Å². The Morgan fingerprint density at radius 2 is 1.87 bits per heavy atom. The Balaban J connectivity index is 1.35. The van der Waals surface area contributed by atoms with Crippen LogP contribution >= 0.6 is 0 Å². The van der Waals surface area contributed by atoms with Crippen LogP contribution in [0.4, 0.5) is 0 Å². The highest BCUT2D eigenvalue weighted by Crippen LogP contribution is 2.31. The Morgan fingerprint density at radius 3 is 2.61 bits per heavy atom. The molecule has 1 saturated heterocycles. The number of nitrogens with zero attached hydrogens (tertiary/aromatic N) is 3. The number of rotatable bonds is 3. The van der Waals surface area contributed by atoms with E-state index in [9.17, 15) is 9.59 Å². The summed E-state index contributed by atoms with van der Waals surface area (Å²) in [5.41, 5.74) is 2.43. The Labute approximate surface area is 134 Å². The van der Waals surface area contributed by atoms with Crippen LogP contribution < -0.4 is 0 Å². The fraction of sp³-hybridized carbons (Fsp3) is 0.471. The highest BCUT2D eigenvalue weighted by atomic mass is 16.3. The minimum atomic E-state index is 0.0994. The molecule has 1 aliphatic carbocycles. The summed E-state index contributed by atoms with van der Waals surface area (Å²) in [5, 5.41) is 0. The molecule has 2 fully saturated rings. The highest BCUT2D eigenvalue weighted by molar-refractivity contribution is 5.83. The van der Waals surface area contributed by atoms with Crippen LogP contribution in [0.5, 0.6) is 0 Å². The van der Waals surface area contributed by atoms with Gasteiger partial charge in [0, 0.05) is 32.1 Å². The molecule has 1 saturated carbocycles. The fourth-order valence-electron chi connectivity index (χ4n) is 3.06. The van der Waals surface area contributed by atoms with Crippen molar-refractivity contribution < 1.29 is 14.0 Å².